The summed E-state index contributed by atoms with van der Waals surface area (Å²) in [4.78, 5) is 19.9. The van der Waals surface area contributed by atoms with Crippen molar-refractivity contribution in [2.75, 3.05) is 13.2 Å². The normalized spacial score (nSPS) is 17.7. The van der Waals surface area contributed by atoms with Crippen LogP contribution in [0.1, 0.15) is 6.42 Å². The lowest BCUT2D eigenvalue weighted by Crippen LogP contribution is -2.42. The first-order valence-corrected chi connectivity index (χ1v) is 5.19. The SMILES string of the molecule is N#C/C(N)=C(\C#N)NC(=O)N[C@@H]1CCOC1.NC=O. The molecule has 0 bridgehead atoms. The number of ether oxygens (including phenoxy) is 1. The minimum atomic E-state index is -0.565. The van der Waals surface area contributed by atoms with Crippen LogP contribution in [0.3, 0.4) is 0 Å². The van der Waals surface area contributed by atoms with E-state index < -0.39 is 6.03 Å². The van der Waals surface area contributed by atoms with Gasteiger partial charge in [0.05, 0.1) is 12.6 Å². The van der Waals surface area contributed by atoms with Crippen LogP contribution >= 0.6 is 0 Å². The Labute approximate surface area is 109 Å². The number of rotatable bonds is 2. The number of hydrogen-bond acceptors (Lipinski definition) is 6. The highest BCUT2D eigenvalue weighted by atomic mass is 16.5. The summed E-state index contributed by atoms with van der Waals surface area (Å²) in [6.07, 6.45) is 0.979. The summed E-state index contributed by atoms with van der Waals surface area (Å²) in [7, 11) is 0. The molecule has 9 heteroatoms. The van der Waals surface area contributed by atoms with Gasteiger partial charge in [-0.15, -0.1) is 0 Å². The summed E-state index contributed by atoms with van der Waals surface area (Å²) in [5.74, 6) is 0. The average molecular weight is 266 g/mol. The van der Waals surface area contributed by atoms with Gasteiger partial charge in [-0.1, -0.05) is 0 Å². The smallest absolute Gasteiger partial charge is 0.320 e. The van der Waals surface area contributed by atoms with Crippen LogP contribution in [-0.2, 0) is 9.53 Å². The van der Waals surface area contributed by atoms with Crippen LogP contribution in [0.25, 0.3) is 0 Å². The molecule has 102 valence electrons. The second-order valence-electron chi connectivity index (χ2n) is 3.31. The zero-order valence-electron chi connectivity index (χ0n) is 10.0. The van der Waals surface area contributed by atoms with Gasteiger partial charge >= 0.3 is 6.03 Å². The van der Waals surface area contributed by atoms with Crippen LogP contribution in [0.15, 0.2) is 11.4 Å². The lowest BCUT2D eigenvalue weighted by molar-refractivity contribution is -0.106. The monoisotopic (exact) mass is 266 g/mol. The van der Waals surface area contributed by atoms with Gasteiger partial charge in [0.15, 0.2) is 5.70 Å². The summed E-state index contributed by atoms with van der Waals surface area (Å²) in [5, 5.41) is 21.9. The topological polar surface area (TPSA) is 167 Å². The number of carbonyl (C=O) groups excluding carboxylic acids is 2. The van der Waals surface area contributed by atoms with Crippen molar-refractivity contribution in [1.29, 1.82) is 10.5 Å². The van der Waals surface area contributed by atoms with E-state index in [2.05, 4.69) is 16.4 Å². The molecule has 0 saturated carbocycles. The molecular weight excluding hydrogens is 252 g/mol. The predicted octanol–water partition coefficient (Wildman–Crippen LogP) is -1.61. The van der Waals surface area contributed by atoms with E-state index in [4.69, 9.17) is 25.8 Å². The van der Waals surface area contributed by atoms with Crippen molar-refractivity contribution >= 4 is 12.4 Å². The molecule has 0 aromatic rings. The minimum Gasteiger partial charge on any atom is -0.388 e. The maximum atomic E-state index is 11.4. The maximum absolute atomic E-state index is 11.4. The van der Waals surface area contributed by atoms with Gasteiger partial charge in [-0.2, -0.15) is 10.5 Å². The largest absolute Gasteiger partial charge is 0.388 e. The minimum absolute atomic E-state index is 0.0664. The predicted molar refractivity (Wildman–Crippen MR) is 63.6 cm³/mol. The Morgan fingerprint density at radius 1 is 1.42 bits per heavy atom. The van der Waals surface area contributed by atoms with Gasteiger partial charge in [-0.25, -0.2) is 4.79 Å². The quantitative estimate of drug-likeness (QED) is 0.346. The van der Waals surface area contributed by atoms with Crippen molar-refractivity contribution in [3.63, 3.8) is 0 Å². The third kappa shape index (κ3) is 6.51. The average Bonchev–Trinajstić information content (AvgIpc) is 2.88. The molecule has 3 amide bonds. The number of amides is 3. The Bertz CT molecular complexity index is 428. The number of urea groups is 1. The van der Waals surface area contributed by atoms with Crippen LogP contribution in [0.5, 0.6) is 0 Å². The highest BCUT2D eigenvalue weighted by molar-refractivity contribution is 5.77. The Balaban J connectivity index is 0.000000982. The van der Waals surface area contributed by atoms with E-state index in [-0.39, 0.29) is 23.8 Å². The van der Waals surface area contributed by atoms with Gasteiger partial charge in [0.25, 0.3) is 0 Å². The summed E-state index contributed by atoms with van der Waals surface area (Å²) in [5.41, 5.74) is 8.81. The van der Waals surface area contributed by atoms with Gasteiger partial charge in [0, 0.05) is 6.61 Å². The second kappa shape index (κ2) is 9.27. The number of hydrogen-bond donors (Lipinski definition) is 4. The number of allylic oxidation sites excluding steroid dienone is 2. The highest BCUT2D eigenvalue weighted by Crippen LogP contribution is 2.03. The molecule has 9 nitrogen and oxygen atoms in total. The molecule has 19 heavy (non-hydrogen) atoms. The fraction of sp³-hybridized carbons (Fsp3) is 0.400. The summed E-state index contributed by atoms with van der Waals surface area (Å²) in [6.45, 7) is 1.05. The van der Waals surface area contributed by atoms with Crippen LogP contribution in [-0.4, -0.2) is 31.7 Å². The summed E-state index contributed by atoms with van der Waals surface area (Å²) in [6, 6.07) is 2.59. The molecule has 1 fully saturated rings. The number of nitrogens with zero attached hydrogens (tertiary/aromatic N) is 2. The van der Waals surface area contributed by atoms with E-state index in [1.54, 1.807) is 12.1 Å². The highest BCUT2D eigenvalue weighted by Gasteiger charge is 2.18. The fourth-order valence-electron chi connectivity index (χ4n) is 1.19. The molecule has 1 rings (SSSR count). The van der Waals surface area contributed by atoms with Crippen LogP contribution in [0.2, 0.25) is 0 Å². The zero-order valence-corrected chi connectivity index (χ0v) is 10.0. The van der Waals surface area contributed by atoms with Crippen LogP contribution < -0.4 is 22.1 Å². The standard InChI is InChI=1S/C9H11N5O2.CH3NO/c10-3-7(12)8(4-11)14-9(15)13-6-1-2-16-5-6;2-1-3/h6H,1-2,5,12H2,(H2,13,14,15);1H,(H2,2,3)/b8-7-;/t6-;/m1./s1. The van der Waals surface area contributed by atoms with E-state index in [1.807, 2.05) is 0 Å². The van der Waals surface area contributed by atoms with Crippen molar-refractivity contribution in [3.8, 4) is 12.1 Å². The number of primary amides is 1. The molecule has 0 aromatic carbocycles. The zero-order chi connectivity index (χ0) is 14.7. The molecule has 1 saturated heterocycles. The number of nitrogens with one attached hydrogen (secondary N) is 2. The van der Waals surface area contributed by atoms with Gasteiger partial charge < -0.3 is 21.5 Å². The van der Waals surface area contributed by atoms with Gasteiger partial charge in [0.2, 0.25) is 6.41 Å². The molecule has 1 aliphatic rings. The molecule has 0 radical (unpaired) electrons. The fourth-order valence-corrected chi connectivity index (χ4v) is 1.19. The summed E-state index contributed by atoms with van der Waals surface area (Å²) >= 11 is 0. The van der Waals surface area contributed by atoms with Gasteiger partial charge in [-0.3, -0.25) is 10.1 Å². The first kappa shape index (κ1) is 16.2. The Kier molecular flexibility index (Phi) is 7.91. The Hall–Kier alpha value is -2.78. The lowest BCUT2D eigenvalue weighted by atomic mass is 10.3. The van der Waals surface area contributed by atoms with Crippen molar-refractivity contribution in [1.82, 2.24) is 10.6 Å². The number of nitrogens with two attached hydrogens (primary N) is 2. The van der Waals surface area contributed by atoms with Crippen molar-refractivity contribution in [3.05, 3.63) is 11.4 Å². The molecular formula is C10H14N6O3. The third-order valence-corrected chi connectivity index (χ3v) is 2.01. The van der Waals surface area contributed by atoms with E-state index >= 15 is 0 Å². The molecule has 1 aliphatic heterocycles. The number of carbonyl (C=O) groups is 2. The van der Waals surface area contributed by atoms with Gasteiger partial charge in [0.1, 0.15) is 17.8 Å². The van der Waals surface area contributed by atoms with Crippen molar-refractivity contribution < 1.29 is 14.3 Å². The van der Waals surface area contributed by atoms with Crippen molar-refractivity contribution in [2.24, 2.45) is 11.5 Å². The first-order valence-electron chi connectivity index (χ1n) is 5.19. The van der Waals surface area contributed by atoms with E-state index in [0.29, 0.717) is 13.2 Å². The first-order chi connectivity index (χ1) is 9.08. The molecule has 1 heterocycles. The number of nitriles is 2. The van der Waals surface area contributed by atoms with Crippen LogP contribution in [0.4, 0.5) is 4.79 Å². The molecule has 0 spiro atoms. The lowest BCUT2D eigenvalue weighted by Gasteiger charge is -2.11. The van der Waals surface area contributed by atoms with Crippen LogP contribution in [0, 0.1) is 22.7 Å². The molecule has 0 aliphatic carbocycles. The third-order valence-electron chi connectivity index (χ3n) is 2.01. The molecule has 6 N–H and O–H groups in total. The van der Waals surface area contributed by atoms with E-state index in [0.717, 1.165) is 6.42 Å². The maximum Gasteiger partial charge on any atom is 0.320 e. The Morgan fingerprint density at radius 2 is 2.05 bits per heavy atom. The Morgan fingerprint density at radius 3 is 2.47 bits per heavy atom. The van der Waals surface area contributed by atoms with E-state index in [1.165, 1.54) is 0 Å². The molecule has 1 atom stereocenters. The van der Waals surface area contributed by atoms with Crippen molar-refractivity contribution in [2.45, 2.75) is 12.5 Å². The summed E-state index contributed by atoms with van der Waals surface area (Å²) < 4.78 is 5.06. The molecule has 0 aromatic heterocycles. The van der Waals surface area contributed by atoms with E-state index in [9.17, 15) is 4.79 Å². The van der Waals surface area contributed by atoms with Gasteiger partial charge in [-0.05, 0) is 6.42 Å². The molecule has 0 unspecified atom stereocenters. The second-order valence-corrected chi connectivity index (χ2v) is 3.31.